The number of nitrogens with one attached hydrogen (secondary N) is 1. The van der Waals surface area contributed by atoms with Crippen molar-refractivity contribution in [2.75, 3.05) is 6.26 Å². The Morgan fingerprint density at radius 1 is 1.30 bits per heavy atom. The van der Waals surface area contributed by atoms with E-state index >= 15 is 0 Å². The summed E-state index contributed by atoms with van der Waals surface area (Å²) in [4.78, 5) is 13.0. The Morgan fingerprint density at radius 3 is 2.65 bits per heavy atom. The van der Waals surface area contributed by atoms with Crippen LogP contribution in [-0.4, -0.2) is 12.2 Å². The van der Waals surface area contributed by atoms with E-state index in [4.69, 9.17) is 4.42 Å². The molecule has 0 aliphatic rings. The Hall–Kier alpha value is -1.94. The first-order valence-electron chi connectivity index (χ1n) is 6.35. The molecule has 3 nitrogen and oxygen atoms in total. The molecule has 0 saturated carbocycles. The van der Waals surface area contributed by atoms with E-state index in [0.29, 0.717) is 5.76 Å². The molecule has 0 bridgehead atoms. The van der Waals surface area contributed by atoms with Crippen LogP contribution in [0, 0.1) is 0 Å². The van der Waals surface area contributed by atoms with Gasteiger partial charge < -0.3 is 9.73 Å². The van der Waals surface area contributed by atoms with Crippen LogP contribution in [0.1, 0.15) is 24.3 Å². The van der Waals surface area contributed by atoms with E-state index in [1.807, 2.05) is 25.3 Å². The Kier molecular flexibility index (Phi) is 5.07. The lowest BCUT2D eigenvalue weighted by molar-refractivity contribution is -0.117. The average molecular weight is 287 g/mol. The number of rotatable bonds is 5. The lowest BCUT2D eigenvalue weighted by atomic mass is 10.1. The van der Waals surface area contributed by atoms with Gasteiger partial charge in [-0.15, -0.1) is 11.8 Å². The number of carbonyl (C=O) groups excluding carboxylic acids is 1. The smallest absolute Gasteiger partial charge is 0.244 e. The molecule has 4 heteroatoms. The van der Waals surface area contributed by atoms with Crippen molar-refractivity contribution in [3.05, 3.63) is 60.1 Å². The number of hydrogen-bond acceptors (Lipinski definition) is 3. The Labute approximate surface area is 123 Å². The molecule has 20 heavy (non-hydrogen) atoms. The van der Waals surface area contributed by atoms with Gasteiger partial charge in [-0.3, -0.25) is 4.79 Å². The summed E-state index contributed by atoms with van der Waals surface area (Å²) < 4.78 is 5.13. The van der Waals surface area contributed by atoms with Crippen LogP contribution in [0.3, 0.4) is 0 Å². The van der Waals surface area contributed by atoms with Crippen molar-refractivity contribution >= 4 is 23.7 Å². The predicted molar refractivity (Wildman–Crippen MR) is 82.5 cm³/mol. The SMILES string of the molecule is CSc1ccc([C@H](C)NC(=O)/C=C/c2ccco2)cc1. The summed E-state index contributed by atoms with van der Waals surface area (Å²) in [5.41, 5.74) is 1.09. The van der Waals surface area contributed by atoms with E-state index in [9.17, 15) is 4.79 Å². The number of furan rings is 1. The Morgan fingerprint density at radius 2 is 2.05 bits per heavy atom. The predicted octanol–water partition coefficient (Wildman–Crippen LogP) is 3.89. The van der Waals surface area contributed by atoms with Crippen LogP contribution < -0.4 is 5.32 Å². The minimum absolute atomic E-state index is 0.0281. The first-order valence-corrected chi connectivity index (χ1v) is 7.57. The quantitative estimate of drug-likeness (QED) is 0.670. The Bertz CT molecular complexity index is 573. The molecule has 2 aromatic rings. The molecule has 1 aromatic carbocycles. The van der Waals surface area contributed by atoms with Crippen molar-refractivity contribution in [3.63, 3.8) is 0 Å². The zero-order chi connectivity index (χ0) is 14.4. The van der Waals surface area contributed by atoms with Crippen LogP contribution in [0.15, 0.2) is 58.1 Å². The summed E-state index contributed by atoms with van der Waals surface area (Å²) in [7, 11) is 0. The zero-order valence-electron chi connectivity index (χ0n) is 11.5. The van der Waals surface area contributed by atoms with Gasteiger partial charge >= 0.3 is 0 Å². The third kappa shape index (κ3) is 4.03. The molecular weight excluding hydrogens is 270 g/mol. The van der Waals surface area contributed by atoms with E-state index in [2.05, 4.69) is 17.4 Å². The van der Waals surface area contributed by atoms with Crippen LogP contribution in [0.25, 0.3) is 6.08 Å². The zero-order valence-corrected chi connectivity index (χ0v) is 12.3. The normalized spacial score (nSPS) is 12.5. The van der Waals surface area contributed by atoms with E-state index in [1.165, 1.54) is 11.0 Å². The number of benzene rings is 1. The van der Waals surface area contributed by atoms with E-state index in [0.717, 1.165) is 5.56 Å². The molecule has 2 rings (SSSR count). The van der Waals surface area contributed by atoms with Crippen LogP contribution >= 0.6 is 11.8 Å². The van der Waals surface area contributed by atoms with Gasteiger partial charge in [0.1, 0.15) is 5.76 Å². The maximum absolute atomic E-state index is 11.8. The maximum atomic E-state index is 11.8. The van der Waals surface area contributed by atoms with Gasteiger partial charge in [0.15, 0.2) is 0 Å². The second-order valence-electron chi connectivity index (χ2n) is 4.35. The molecule has 1 aromatic heterocycles. The van der Waals surface area contributed by atoms with Gasteiger partial charge in [-0.25, -0.2) is 0 Å². The highest BCUT2D eigenvalue weighted by molar-refractivity contribution is 7.98. The number of thioether (sulfide) groups is 1. The van der Waals surface area contributed by atoms with Gasteiger partial charge in [0.05, 0.1) is 12.3 Å². The van der Waals surface area contributed by atoms with Gasteiger partial charge in [-0.2, -0.15) is 0 Å². The molecule has 1 amide bonds. The molecule has 0 saturated heterocycles. The second kappa shape index (κ2) is 7.01. The highest BCUT2D eigenvalue weighted by Gasteiger charge is 2.07. The Balaban J connectivity index is 1.92. The summed E-state index contributed by atoms with van der Waals surface area (Å²) in [5, 5.41) is 2.92. The highest BCUT2D eigenvalue weighted by Crippen LogP contribution is 2.18. The minimum atomic E-state index is -0.136. The summed E-state index contributed by atoms with van der Waals surface area (Å²) in [6.07, 6.45) is 6.75. The van der Waals surface area contributed by atoms with Crippen molar-refractivity contribution < 1.29 is 9.21 Å². The molecule has 1 atom stereocenters. The van der Waals surface area contributed by atoms with Crippen LogP contribution in [0.5, 0.6) is 0 Å². The molecule has 1 heterocycles. The van der Waals surface area contributed by atoms with Gasteiger partial charge in [0.25, 0.3) is 0 Å². The summed E-state index contributed by atoms with van der Waals surface area (Å²) >= 11 is 1.70. The average Bonchev–Trinajstić information content (AvgIpc) is 2.98. The maximum Gasteiger partial charge on any atom is 0.244 e. The monoisotopic (exact) mass is 287 g/mol. The molecule has 0 radical (unpaired) electrons. The van der Waals surface area contributed by atoms with Gasteiger partial charge in [0.2, 0.25) is 5.91 Å². The highest BCUT2D eigenvalue weighted by atomic mass is 32.2. The summed E-state index contributed by atoms with van der Waals surface area (Å²) in [5.74, 6) is 0.528. The first kappa shape index (κ1) is 14.5. The third-order valence-corrected chi connectivity index (χ3v) is 3.66. The van der Waals surface area contributed by atoms with E-state index in [1.54, 1.807) is 36.2 Å². The van der Waals surface area contributed by atoms with E-state index in [-0.39, 0.29) is 11.9 Å². The molecule has 104 valence electrons. The lowest BCUT2D eigenvalue weighted by Gasteiger charge is -2.13. The van der Waals surface area contributed by atoms with Crippen molar-refractivity contribution in [2.24, 2.45) is 0 Å². The van der Waals surface area contributed by atoms with E-state index < -0.39 is 0 Å². The molecule has 1 N–H and O–H groups in total. The van der Waals surface area contributed by atoms with Crippen molar-refractivity contribution in [3.8, 4) is 0 Å². The molecule has 0 fully saturated rings. The molecule has 0 aliphatic carbocycles. The second-order valence-corrected chi connectivity index (χ2v) is 5.23. The van der Waals surface area contributed by atoms with Crippen molar-refractivity contribution in [1.82, 2.24) is 5.32 Å². The van der Waals surface area contributed by atoms with Gasteiger partial charge in [-0.05, 0) is 49.1 Å². The van der Waals surface area contributed by atoms with Crippen molar-refractivity contribution in [1.29, 1.82) is 0 Å². The van der Waals surface area contributed by atoms with Crippen LogP contribution in [0.2, 0.25) is 0 Å². The first-order chi connectivity index (χ1) is 9.69. The molecule has 0 unspecified atom stereocenters. The van der Waals surface area contributed by atoms with Crippen molar-refractivity contribution in [2.45, 2.75) is 17.9 Å². The topological polar surface area (TPSA) is 42.2 Å². The largest absolute Gasteiger partial charge is 0.465 e. The fourth-order valence-electron chi connectivity index (χ4n) is 1.78. The van der Waals surface area contributed by atoms with Crippen LogP contribution in [0.4, 0.5) is 0 Å². The molecular formula is C16H17NO2S. The number of carbonyl (C=O) groups is 1. The van der Waals surface area contributed by atoms with Gasteiger partial charge in [-0.1, -0.05) is 12.1 Å². The number of hydrogen-bond donors (Lipinski definition) is 1. The minimum Gasteiger partial charge on any atom is -0.465 e. The van der Waals surface area contributed by atoms with Gasteiger partial charge in [0, 0.05) is 11.0 Å². The lowest BCUT2D eigenvalue weighted by Crippen LogP contribution is -2.24. The summed E-state index contributed by atoms with van der Waals surface area (Å²) in [6, 6.07) is 11.7. The third-order valence-electron chi connectivity index (χ3n) is 2.92. The fourth-order valence-corrected chi connectivity index (χ4v) is 2.19. The molecule has 0 aliphatic heterocycles. The fraction of sp³-hybridized carbons (Fsp3) is 0.188. The standard InChI is InChI=1S/C16H17NO2S/c1-12(13-5-8-15(20-2)9-6-13)17-16(18)10-7-14-4-3-11-19-14/h3-12H,1-2H3,(H,17,18)/b10-7+/t12-/m0/s1. The summed E-state index contributed by atoms with van der Waals surface area (Å²) in [6.45, 7) is 1.97. The molecule has 0 spiro atoms. The van der Waals surface area contributed by atoms with Crippen LogP contribution in [-0.2, 0) is 4.79 Å². The number of amides is 1.